The number of hydrogen-bond donors (Lipinski definition) is 1. The molecule has 0 aliphatic heterocycles. The van der Waals surface area contributed by atoms with Crippen molar-refractivity contribution in [3.63, 3.8) is 0 Å². The van der Waals surface area contributed by atoms with Gasteiger partial charge in [0.15, 0.2) is 5.76 Å². The second-order valence-corrected chi connectivity index (χ2v) is 4.33. The maximum Gasteiger partial charge on any atom is 0.291 e. The normalized spacial score (nSPS) is 10.3. The molecule has 0 bridgehead atoms. The third kappa shape index (κ3) is 2.62. The Hall–Kier alpha value is -1.45. The molecule has 0 radical (unpaired) electrons. The monoisotopic (exact) mass is 269 g/mol. The van der Waals surface area contributed by atoms with Crippen LogP contribution in [0.3, 0.4) is 0 Å². The predicted octanol–water partition coefficient (Wildman–Crippen LogP) is 4.15. The van der Waals surface area contributed by atoms with Gasteiger partial charge in [0.25, 0.3) is 5.91 Å². The second-order valence-electron chi connectivity index (χ2n) is 3.51. The number of rotatable bonds is 2. The maximum atomic E-state index is 11.7. The lowest BCUT2D eigenvalue weighted by atomic mass is 10.2. The summed E-state index contributed by atoms with van der Waals surface area (Å²) in [6.45, 7) is 1.84. The van der Waals surface area contributed by atoms with E-state index in [1.807, 2.05) is 6.92 Å². The van der Waals surface area contributed by atoms with E-state index in [9.17, 15) is 4.79 Å². The van der Waals surface area contributed by atoms with Crippen molar-refractivity contribution in [2.24, 2.45) is 0 Å². The van der Waals surface area contributed by atoms with Gasteiger partial charge < -0.3 is 9.73 Å². The fourth-order valence-electron chi connectivity index (χ4n) is 1.33. The van der Waals surface area contributed by atoms with E-state index < -0.39 is 0 Å². The highest BCUT2D eigenvalue weighted by atomic mass is 35.5. The van der Waals surface area contributed by atoms with Gasteiger partial charge in [-0.15, -0.1) is 0 Å². The van der Waals surface area contributed by atoms with Crippen molar-refractivity contribution in [1.29, 1.82) is 0 Å². The molecule has 0 saturated heterocycles. The molecule has 0 aliphatic carbocycles. The number of aryl methyl sites for hydroxylation is 1. The summed E-state index contributed by atoms with van der Waals surface area (Å²) < 4.78 is 4.97. The Morgan fingerprint density at radius 3 is 2.71 bits per heavy atom. The van der Waals surface area contributed by atoms with Crippen LogP contribution in [0.4, 0.5) is 5.69 Å². The summed E-state index contributed by atoms with van der Waals surface area (Å²) in [7, 11) is 0. The molecule has 1 amide bonds. The van der Waals surface area contributed by atoms with Crippen molar-refractivity contribution in [2.45, 2.75) is 6.92 Å². The van der Waals surface area contributed by atoms with E-state index in [4.69, 9.17) is 27.6 Å². The fourth-order valence-corrected chi connectivity index (χ4v) is 1.76. The van der Waals surface area contributed by atoms with Crippen LogP contribution in [-0.2, 0) is 0 Å². The number of hydrogen-bond acceptors (Lipinski definition) is 2. The molecule has 0 atom stereocenters. The second kappa shape index (κ2) is 4.82. The number of halogens is 2. The van der Waals surface area contributed by atoms with Gasteiger partial charge in [0, 0.05) is 5.02 Å². The molecule has 3 nitrogen and oxygen atoms in total. The van der Waals surface area contributed by atoms with Gasteiger partial charge in [0.1, 0.15) is 0 Å². The van der Waals surface area contributed by atoms with Gasteiger partial charge in [-0.2, -0.15) is 0 Å². The number of nitrogens with one attached hydrogen (secondary N) is 1. The lowest BCUT2D eigenvalue weighted by Gasteiger charge is -2.08. The molecule has 17 heavy (non-hydrogen) atoms. The highest BCUT2D eigenvalue weighted by Gasteiger charge is 2.12. The van der Waals surface area contributed by atoms with E-state index in [1.165, 1.54) is 6.26 Å². The largest absolute Gasteiger partial charge is 0.459 e. The SMILES string of the molecule is Cc1cc(Cl)c(NC(=O)c2ccco2)cc1Cl. The van der Waals surface area contributed by atoms with Gasteiger partial charge in [-0.1, -0.05) is 23.2 Å². The van der Waals surface area contributed by atoms with Gasteiger partial charge >= 0.3 is 0 Å². The van der Waals surface area contributed by atoms with Crippen LogP contribution in [0.15, 0.2) is 34.9 Å². The van der Waals surface area contributed by atoms with Crippen LogP contribution in [0, 0.1) is 6.92 Å². The van der Waals surface area contributed by atoms with Crippen LogP contribution in [0.5, 0.6) is 0 Å². The molecule has 1 N–H and O–H groups in total. The molecule has 2 rings (SSSR count). The van der Waals surface area contributed by atoms with Crippen molar-refractivity contribution in [1.82, 2.24) is 0 Å². The minimum atomic E-state index is -0.364. The Morgan fingerprint density at radius 2 is 2.06 bits per heavy atom. The molecule has 0 unspecified atom stereocenters. The van der Waals surface area contributed by atoms with Crippen molar-refractivity contribution < 1.29 is 9.21 Å². The van der Waals surface area contributed by atoms with E-state index in [2.05, 4.69) is 5.32 Å². The quantitative estimate of drug-likeness (QED) is 0.890. The number of carbonyl (C=O) groups is 1. The third-order valence-corrected chi connectivity index (χ3v) is 2.96. The minimum Gasteiger partial charge on any atom is -0.459 e. The summed E-state index contributed by atoms with van der Waals surface area (Å²) in [4.78, 5) is 11.7. The standard InChI is InChI=1S/C12H9Cl2NO2/c1-7-5-9(14)10(6-8(7)13)15-12(16)11-3-2-4-17-11/h2-6H,1H3,(H,15,16). The molecule has 0 saturated carbocycles. The van der Waals surface area contributed by atoms with Crippen molar-refractivity contribution >= 4 is 34.8 Å². The molecule has 1 heterocycles. The van der Waals surface area contributed by atoms with E-state index in [1.54, 1.807) is 24.3 Å². The number of anilines is 1. The summed E-state index contributed by atoms with van der Waals surface area (Å²) in [6.07, 6.45) is 1.43. The molecule has 1 aromatic heterocycles. The summed E-state index contributed by atoms with van der Waals surface area (Å²) in [5.74, 6) is -0.144. The van der Waals surface area contributed by atoms with E-state index in [0.29, 0.717) is 15.7 Å². The van der Waals surface area contributed by atoms with Crippen LogP contribution in [0.2, 0.25) is 10.0 Å². The molecule has 0 spiro atoms. The number of carbonyl (C=O) groups excluding carboxylic acids is 1. The van der Waals surface area contributed by atoms with Crippen LogP contribution in [-0.4, -0.2) is 5.91 Å². The van der Waals surface area contributed by atoms with E-state index in [-0.39, 0.29) is 11.7 Å². The van der Waals surface area contributed by atoms with E-state index >= 15 is 0 Å². The van der Waals surface area contributed by atoms with Crippen LogP contribution < -0.4 is 5.32 Å². The number of amides is 1. The van der Waals surface area contributed by atoms with Gasteiger partial charge in [0.05, 0.1) is 17.0 Å². The minimum absolute atomic E-state index is 0.220. The zero-order chi connectivity index (χ0) is 12.4. The molecule has 1 aromatic carbocycles. The van der Waals surface area contributed by atoms with Gasteiger partial charge in [0.2, 0.25) is 0 Å². The Labute approximate surface area is 108 Å². The first-order valence-corrected chi connectivity index (χ1v) is 5.64. The van der Waals surface area contributed by atoms with Crippen LogP contribution in [0.1, 0.15) is 16.1 Å². The smallest absolute Gasteiger partial charge is 0.291 e. The fraction of sp³-hybridized carbons (Fsp3) is 0.0833. The summed E-state index contributed by atoms with van der Waals surface area (Å²) in [5, 5.41) is 3.61. The number of benzene rings is 1. The molecule has 5 heteroatoms. The summed E-state index contributed by atoms with van der Waals surface area (Å²) in [6, 6.07) is 6.51. The number of furan rings is 1. The Kier molecular flexibility index (Phi) is 3.41. The lowest BCUT2D eigenvalue weighted by Crippen LogP contribution is -2.11. The molecular weight excluding hydrogens is 261 g/mol. The highest BCUT2D eigenvalue weighted by molar-refractivity contribution is 6.36. The Balaban J connectivity index is 2.25. The zero-order valence-corrected chi connectivity index (χ0v) is 10.5. The van der Waals surface area contributed by atoms with Gasteiger partial charge in [-0.3, -0.25) is 4.79 Å². The van der Waals surface area contributed by atoms with Gasteiger partial charge in [-0.25, -0.2) is 0 Å². The average molecular weight is 270 g/mol. The lowest BCUT2D eigenvalue weighted by molar-refractivity contribution is 0.0996. The topological polar surface area (TPSA) is 42.2 Å². The molecular formula is C12H9Cl2NO2. The van der Waals surface area contributed by atoms with Crippen LogP contribution >= 0.6 is 23.2 Å². The average Bonchev–Trinajstić information content (AvgIpc) is 2.79. The maximum absolute atomic E-state index is 11.7. The Bertz CT molecular complexity index is 550. The molecule has 0 fully saturated rings. The first-order valence-electron chi connectivity index (χ1n) is 4.88. The van der Waals surface area contributed by atoms with Crippen molar-refractivity contribution in [2.75, 3.05) is 5.32 Å². The first kappa shape index (κ1) is 12.0. The van der Waals surface area contributed by atoms with Crippen molar-refractivity contribution in [3.8, 4) is 0 Å². The molecule has 2 aromatic rings. The predicted molar refractivity (Wildman–Crippen MR) is 67.9 cm³/mol. The highest BCUT2D eigenvalue weighted by Crippen LogP contribution is 2.29. The molecule has 88 valence electrons. The van der Waals surface area contributed by atoms with E-state index in [0.717, 1.165) is 5.56 Å². The van der Waals surface area contributed by atoms with Gasteiger partial charge in [-0.05, 0) is 36.8 Å². The first-order chi connectivity index (χ1) is 8.08. The summed E-state index contributed by atoms with van der Waals surface area (Å²) in [5.41, 5.74) is 1.32. The van der Waals surface area contributed by atoms with Crippen LogP contribution in [0.25, 0.3) is 0 Å². The molecule has 0 aliphatic rings. The third-order valence-electron chi connectivity index (χ3n) is 2.24. The summed E-state index contributed by atoms with van der Waals surface area (Å²) >= 11 is 12.0. The van der Waals surface area contributed by atoms with Crippen molar-refractivity contribution in [3.05, 3.63) is 51.9 Å². The zero-order valence-electron chi connectivity index (χ0n) is 8.96. The Morgan fingerprint density at radius 1 is 1.29 bits per heavy atom.